The van der Waals surface area contributed by atoms with E-state index in [1.165, 1.54) is 16.7 Å². The van der Waals surface area contributed by atoms with E-state index in [0.717, 1.165) is 5.56 Å². The summed E-state index contributed by atoms with van der Waals surface area (Å²) < 4.78 is 0. The molecule has 2 atom stereocenters. The van der Waals surface area contributed by atoms with Crippen LogP contribution in [0, 0.1) is 0 Å². The van der Waals surface area contributed by atoms with Crippen molar-refractivity contribution >= 4 is 29.5 Å². The van der Waals surface area contributed by atoms with Gasteiger partial charge in [0, 0.05) is 5.75 Å². The van der Waals surface area contributed by atoms with Crippen LogP contribution in [0.1, 0.15) is 12.5 Å². The molecule has 2 N–H and O–H groups in total. The third-order valence-corrected chi connectivity index (χ3v) is 5.39. The molecule has 1 aromatic rings. The lowest BCUT2D eigenvalue weighted by Gasteiger charge is -2.49. The molecular formula is C18H18N2O4S. The van der Waals surface area contributed by atoms with Crippen molar-refractivity contribution in [2.45, 2.75) is 24.8 Å². The number of amides is 2. The van der Waals surface area contributed by atoms with Crippen LogP contribution in [0.25, 0.3) is 0 Å². The fourth-order valence-corrected chi connectivity index (χ4v) is 4.30. The van der Waals surface area contributed by atoms with Gasteiger partial charge in [-0.25, -0.2) is 4.79 Å². The van der Waals surface area contributed by atoms with Crippen molar-refractivity contribution in [1.29, 1.82) is 0 Å². The number of β-lactam (4-membered cyclic amide) rings is 1. The standard InChI is InChI=1S/C18H18N2O4S/c1-2-6-12-10-25-17-14(16(22)20(17)15(12)18(23)24)19-13(21)9-11-7-4-3-5-8-11/h2-8,14,17H,9-10H2,1H3,(H,19,21)(H,23,24)/t14?,17-/m1/s1. The minimum atomic E-state index is -1.12. The number of aliphatic carboxylic acids is 1. The molecule has 0 aromatic heterocycles. The highest BCUT2D eigenvalue weighted by Gasteiger charge is 2.53. The van der Waals surface area contributed by atoms with Crippen LogP contribution in [0.4, 0.5) is 0 Å². The van der Waals surface area contributed by atoms with Gasteiger partial charge in [0.05, 0.1) is 6.42 Å². The zero-order chi connectivity index (χ0) is 18.0. The smallest absolute Gasteiger partial charge is 0.352 e. The number of carboxylic acids is 1. The largest absolute Gasteiger partial charge is 0.477 e. The van der Waals surface area contributed by atoms with E-state index in [-0.39, 0.29) is 29.3 Å². The highest BCUT2D eigenvalue weighted by Crippen LogP contribution is 2.40. The Bertz CT molecular complexity index is 773. The van der Waals surface area contributed by atoms with Crippen LogP contribution in [-0.4, -0.2) is 45.0 Å². The van der Waals surface area contributed by atoms with Crippen LogP contribution in [-0.2, 0) is 20.8 Å². The van der Waals surface area contributed by atoms with Crippen molar-refractivity contribution in [3.63, 3.8) is 0 Å². The molecule has 25 heavy (non-hydrogen) atoms. The summed E-state index contributed by atoms with van der Waals surface area (Å²) in [5.41, 5.74) is 1.49. The lowest BCUT2D eigenvalue weighted by Crippen LogP contribution is -2.70. The second-order valence-electron chi connectivity index (χ2n) is 5.80. The first-order chi connectivity index (χ1) is 12.0. The number of hydrogen-bond acceptors (Lipinski definition) is 4. The van der Waals surface area contributed by atoms with Crippen molar-refractivity contribution in [1.82, 2.24) is 10.2 Å². The van der Waals surface area contributed by atoms with Gasteiger partial charge in [0.25, 0.3) is 5.91 Å². The van der Waals surface area contributed by atoms with Crippen LogP contribution < -0.4 is 5.32 Å². The van der Waals surface area contributed by atoms with Gasteiger partial charge >= 0.3 is 5.97 Å². The number of nitrogens with zero attached hydrogens (tertiary/aromatic N) is 1. The topological polar surface area (TPSA) is 86.7 Å². The number of fused-ring (bicyclic) bond motifs is 1. The molecule has 6 nitrogen and oxygen atoms in total. The quantitative estimate of drug-likeness (QED) is 0.780. The Labute approximate surface area is 149 Å². The Morgan fingerprint density at radius 3 is 2.72 bits per heavy atom. The molecule has 2 aliphatic heterocycles. The predicted molar refractivity (Wildman–Crippen MR) is 94.6 cm³/mol. The fraction of sp³-hybridized carbons (Fsp3) is 0.278. The first-order valence-electron chi connectivity index (χ1n) is 7.90. The molecule has 0 spiro atoms. The van der Waals surface area contributed by atoms with Crippen LogP contribution in [0.3, 0.4) is 0 Å². The molecule has 1 saturated heterocycles. The molecule has 0 aliphatic carbocycles. The Morgan fingerprint density at radius 2 is 2.08 bits per heavy atom. The summed E-state index contributed by atoms with van der Waals surface area (Å²) in [6.07, 6.45) is 3.65. The molecule has 2 aliphatic rings. The highest BCUT2D eigenvalue weighted by molar-refractivity contribution is 8.00. The zero-order valence-electron chi connectivity index (χ0n) is 13.6. The molecule has 2 amide bonds. The van der Waals surface area contributed by atoms with Crippen molar-refractivity contribution in [3.8, 4) is 0 Å². The summed E-state index contributed by atoms with van der Waals surface area (Å²) in [6.45, 7) is 1.80. The minimum Gasteiger partial charge on any atom is -0.477 e. The fourth-order valence-electron chi connectivity index (χ4n) is 2.98. The Kier molecular flexibility index (Phi) is 4.94. The molecule has 7 heteroatoms. The minimum absolute atomic E-state index is 0.0143. The maximum Gasteiger partial charge on any atom is 0.352 e. The van der Waals surface area contributed by atoms with Gasteiger partial charge < -0.3 is 10.4 Å². The summed E-state index contributed by atoms with van der Waals surface area (Å²) in [5, 5.41) is 11.8. The first kappa shape index (κ1) is 17.3. The molecular weight excluding hydrogens is 340 g/mol. The lowest BCUT2D eigenvalue weighted by molar-refractivity contribution is -0.150. The summed E-state index contributed by atoms with van der Waals surface area (Å²) in [5.74, 6) is -1.26. The molecule has 0 radical (unpaired) electrons. The molecule has 1 unspecified atom stereocenters. The summed E-state index contributed by atoms with van der Waals surface area (Å²) in [4.78, 5) is 37.5. The number of nitrogens with one attached hydrogen (secondary N) is 1. The van der Waals surface area contributed by atoms with E-state index in [1.54, 1.807) is 19.1 Å². The first-order valence-corrected chi connectivity index (χ1v) is 8.95. The third-order valence-electron chi connectivity index (χ3n) is 4.09. The Morgan fingerprint density at radius 1 is 1.36 bits per heavy atom. The second-order valence-corrected chi connectivity index (χ2v) is 6.90. The number of allylic oxidation sites excluding steroid dienone is 2. The summed E-state index contributed by atoms with van der Waals surface area (Å²) in [7, 11) is 0. The number of thioether (sulfide) groups is 1. The highest BCUT2D eigenvalue weighted by atomic mass is 32.2. The van der Waals surface area contributed by atoms with Gasteiger partial charge in [-0.05, 0) is 18.1 Å². The molecule has 0 bridgehead atoms. The van der Waals surface area contributed by atoms with Gasteiger partial charge in [0.15, 0.2) is 0 Å². The van der Waals surface area contributed by atoms with E-state index < -0.39 is 12.0 Å². The van der Waals surface area contributed by atoms with E-state index in [4.69, 9.17) is 0 Å². The van der Waals surface area contributed by atoms with Crippen molar-refractivity contribution in [2.75, 3.05) is 5.75 Å². The normalized spacial score (nSPS) is 22.6. The number of rotatable bonds is 5. The maximum atomic E-state index is 12.4. The maximum absolute atomic E-state index is 12.4. The van der Waals surface area contributed by atoms with E-state index in [9.17, 15) is 19.5 Å². The molecule has 1 aromatic carbocycles. The van der Waals surface area contributed by atoms with E-state index in [0.29, 0.717) is 11.3 Å². The average Bonchev–Trinajstić information content (AvgIpc) is 2.60. The number of carboxylic acid groups (broad SMARTS) is 1. The Hall–Kier alpha value is -2.54. The second kappa shape index (κ2) is 7.14. The van der Waals surface area contributed by atoms with Crippen LogP contribution in [0.5, 0.6) is 0 Å². The average molecular weight is 358 g/mol. The van der Waals surface area contributed by atoms with Gasteiger partial charge in [-0.2, -0.15) is 0 Å². The van der Waals surface area contributed by atoms with Crippen LogP contribution >= 0.6 is 11.8 Å². The summed E-state index contributed by atoms with van der Waals surface area (Å²) in [6, 6.07) is 8.58. The Balaban J connectivity index is 1.71. The van der Waals surface area contributed by atoms with E-state index in [1.807, 2.05) is 30.3 Å². The zero-order valence-corrected chi connectivity index (χ0v) is 14.5. The van der Waals surface area contributed by atoms with Gasteiger partial charge in [0.2, 0.25) is 5.91 Å². The molecule has 0 saturated carbocycles. The molecule has 130 valence electrons. The van der Waals surface area contributed by atoms with Gasteiger partial charge in [0.1, 0.15) is 17.1 Å². The SMILES string of the molecule is CC=CC1=C(C(=O)O)N2C(=O)C(NC(=O)Cc3ccccc3)[C@H]2SC1. The number of carbonyl (C=O) groups is 3. The van der Waals surface area contributed by atoms with Crippen molar-refractivity contribution < 1.29 is 19.5 Å². The number of benzene rings is 1. The summed E-state index contributed by atoms with van der Waals surface area (Å²) >= 11 is 1.46. The van der Waals surface area contributed by atoms with Gasteiger partial charge in [-0.1, -0.05) is 42.5 Å². The van der Waals surface area contributed by atoms with E-state index >= 15 is 0 Å². The van der Waals surface area contributed by atoms with Crippen molar-refractivity contribution in [3.05, 3.63) is 59.3 Å². The van der Waals surface area contributed by atoms with E-state index in [2.05, 4.69) is 5.32 Å². The molecule has 1 fully saturated rings. The number of hydrogen-bond donors (Lipinski definition) is 2. The van der Waals surface area contributed by atoms with Crippen LogP contribution in [0.15, 0.2) is 53.8 Å². The predicted octanol–water partition coefficient (Wildman–Crippen LogP) is 1.54. The third kappa shape index (κ3) is 3.32. The van der Waals surface area contributed by atoms with Crippen LogP contribution in [0.2, 0.25) is 0 Å². The number of carbonyl (C=O) groups excluding carboxylic acids is 2. The lowest BCUT2D eigenvalue weighted by atomic mass is 10.0. The van der Waals surface area contributed by atoms with Crippen molar-refractivity contribution in [2.24, 2.45) is 0 Å². The van der Waals surface area contributed by atoms with Gasteiger partial charge in [-0.3, -0.25) is 14.5 Å². The molecule has 2 heterocycles. The van der Waals surface area contributed by atoms with Gasteiger partial charge in [-0.15, -0.1) is 11.8 Å². The molecule has 3 rings (SSSR count). The monoisotopic (exact) mass is 358 g/mol.